The summed E-state index contributed by atoms with van der Waals surface area (Å²) in [5.74, 6) is 0.794. The first-order valence-corrected chi connectivity index (χ1v) is 8.61. The van der Waals surface area contributed by atoms with Gasteiger partial charge in [0.15, 0.2) is 4.32 Å². The number of hydrogen-bond donors (Lipinski definition) is 1. The number of thioether (sulfide) groups is 1. The summed E-state index contributed by atoms with van der Waals surface area (Å²) in [4.78, 5) is 14.7. The van der Waals surface area contributed by atoms with Gasteiger partial charge in [-0.15, -0.1) is 0 Å². The Morgan fingerprint density at radius 1 is 1.17 bits per heavy atom. The van der Waals surface area contributed by atoms with Crippen molar-refractivity contribution in [3.05, 3.63) is 59.0 Å². The normalized spacial score (nSPS) is 16.0. The smallest absolute Gasteiger partial charge is 0.270 e. The molecule has 1 fully saturated rings. The molecule has 0 atom stereocenters. The molecular weight excluding hydrogens is 342 g/mol. The Balaban J connectivity index is 1.84. The van der Waals surface area contributed by atoms with E-state index in [1.165, 1.54) is 16.7 Å². The zero-order valence-corrected chi connectivity index (χ0v) is 14.6. The number of nitrogens with zero attached hydrogens (tertiary/aromatic N) is 1. The number of carbonyl (C=O) groups is 1. The standard InChI is InChI=1S/C18H15NO3S2/c1-2-22-15-9-5-13(6-10-15)19-17(21)16(24-18(19)23)11-12-3-7-14(20)8-4-12/h3-11,20H,2H2,1H3/b16-11-. The molecule has 0 spiro atoms. The summed E-state index contributed by atoms with van der Waals surface area (Å²) >= 11 is 6.62. The summed E-state index contributed by atoms with van der Waals surface area (Å²) in [6.07, 6.45) is 1.77. The van der Waals surface area contributed by atoms with Crippen molar-refractivity contribution < 1.29 is 14.6 Å². The van der Waals surface area contributed by atoms with Crippen molar-refractivity contribution in [2.75, 3.05) is 11.5 Å². The van der Waals surface area contributed by atoms with E-state index in [1.807, 2.05) is 31.2 Å². The van der Waals surface area contributed by atoms with Crippen LogP contribution in [-0.4, -0.2) is 21.9 Å². The van der Waals surface area contributed by atoms with Crippen LogP contribution in [0.15, 0.2) is 53.4 Å². The second-order valence-electron chi connectivity index (χ2n) is 5.04. The average molecular weight is 357 g/mol. The molecule has 0 aromatic heterocycles. The number of benzene rings is 2. The van der Waals surface area contributed by atoms with Crippen LogP contribution in [0.4, 0.5) is 5.69 Å². The van der Waals surface area contributed by atoms with Crippen LogP contribution in [0.3, 0.4) is 0 Å². The van der Waals surface area contributed by atoms with Gasteiger partial charge in [-0.05, 0) is 55.0 Å². The molecule has 1 aliphatic rings. The number of ether oxygens (including phenoxy) is 1. The maximum absolute atomic E-state index is 12.7. The lowest BCUT2D eigenvalue weighted by molar-refractivity contribution is -0.113. The molecule has 0 aliphatic carbocycles. The molecule has 1 amide bonds. The molecule has 122 valence electrons. The van der Waals surface area contributed by atoms with Gasteiger partial charge in [0.05, 0.1) is 17.2 Å². The Kier molecular flexibility index (Phi) is 4.87. The first-order valence-electron chi connectivity index (χ1n) is 7.38. The predicted octanol–water partition coefficient (Wildman–Crippen LogP) is 4.20. The summed E-state index contributed by atoms with van der Waals surface area (Å²) in [6.45, 7) is 2.51. The Morgan fingerprint density at radius 2 is 1.83 bits per heavy atom. The first kappa shape index (κ1) is 16.5. The summed E-state index contributed by atoms with van der Waals surface area (Å²) in [7, 11) is 0. The van der Waals surface area contributed by atoms with Gasteiger partial charge in [-0.2, -0.15) is 0 Å². The SMILES string of the molecule is CCOc1ccc(N2C(=O)/C(=C/c3ccc(O)cc3)SC2=S)cc1. The quantitative estimate of drug-likeness (QED) is 0.657. The van der Waals surface area contributed by atoms with Crippen molar-refractivity contribution in [2.24, 2.45) is 0 Å². The molecular formula is C18H15NO3S2. The average Bonchev–Trinajstić information content (AvgIpc) is 2.85. The van der Waals surface area contributed by atoms with E-state index in [0.717, 1.165) is 17.0 Å². The second-order valence-corrected chi connectivity index (χ2v) is 6.71. The largest absolute Gasteiger partial charge is 0.508 e. The van der Waals surface area contributed by atoms with Gasteiger partial charge in [0.25, 0.3) is 5.91 Å². The molecule has 1 heterocycles. The highest BCUT2D eigenvalue weighted by Gasteiger charge is 2.33. The lowest BCUT2D eigenvalue weighted by Crippen LogP contribution is -2.27. The third-order valence-electron chi connectivity index (χ3n) is 3.39. The Morgan fingerprint density at radius 3 is 2.46 bits per heavy atom. The minimum absolute atomic E-state index is 0.151. The maximum atomic E-state index is 12.7. The van der Waals surface area contributed by atoms with Crippen molar-refractivity contribution in [3.63, 3.8) is 0 Å². The molecule has 4 nitrogen and oxygen atoms in total. The Hall–Kier alpha value is -2.31. The van der Waals surface area contributed by atoms with E-state index in [9.17, 15) is 9.90 Å². The first-order chi connectivity index (χ1) is 11.6. The lowest BCUT2D eigenvalue weighted by atomic mass is 10.2. The van der Waals surface area contributed by atoms with Crippen molar-refractivity contribution in [2.45, 2.75) is 6.92 Å². The fourth-order valence-electron chi connectivity index (χ4n) is 2.27. The van der Waals surface area contributed by atoms with Crippen molar-refractivity contribution in [1.29, 1.82) is 0 Å². The van der Waals surface area contributed by atoms with Crippen molar-refractivity contribution in [3.8, 4) is 11.5 Å². The van der Waals surface area contributed by atoms with Gasteiger partial charge in [0, 0.05) is 0 Å². The van der Waals surface area contributed by atoms with E-state index in [-0.39, 0.29) is 11.7 Å². The molecule has 24 heavy (non-hydrogen) atoms. The van der Waals surface area contributed by atoms with E-state index in [0.29, 0.717) is 15.8 Å². The van der Waals surface area contributed by atoms with Crippen molar-refractivity contribution in [1.82, 2.24) is 0 Å². The third-order valence-corrected chi connectivity index (χ3v) is 4.69. The summed E-state index contributed by atoms with van der Waals surface area (Å²) in [5.41, 5.74) is 1.55. The second kappa shape index (κ2) is 7.07. The van der Waals surface area contributed by atoms with Gasteiger partial charge in [0.2, 0.25) is 0 Å². The Labute approximate surface area is 149 Å². The van der Waals surface area contributed by atoms with E-state index < -0.39 is 0 Å². The number of amides is 1. The van der Waals surface area contributed by atoms with E-state index >= 15 is 0 Å². The van der Waals surface area contributed by atoms with Gasteiger partial charge >= 0.3 is 0 Å². The van der Waals surface area contributed by atoms with Gasteiger partial charge in [-0.3, -0.25) is 9.69 Å². The molecule has 0 bridgehead atoms. The van der Waals surface area contributed by atoms with Crippen molar-refractivity contribution >= 4 is 46.0 Å². The summed E-state index contributed by atoms with van der Waals surface area (Å²) < 4.78 is 5.91. The molecule has 1 saturated heterocycles. The molecule has 6 heteroatoms. The summed E-state index contributed by atoms with van der Waals surface area (Å²) in [5, 5.41) is 9.33. The molecule has 0 radical (unpaired) electrons. The minimum atomic E-state index is -0.151. The zero-order valence-electron chi connectivity index (χ0n) is 12.9. The van der Waals surface area contributed by atoms with Crippen LogP contribution < -0.4 is 9.64 Å². The van der Waals surface area contributed by atoms with Crippen LogP contribution in [0.25, 0.3) is 6.08 Å². The number of phenols is 1. The maximum Gasteiger partial charge on any atom is 0.270 e. The Bertz CT molecular complexity index is 798. The fourth-order valence-corrected chi connectivity index (χ4v) is 3.57. The highest BCUT2D eigenvalue weighted by Crippen LogP contribution is 2.36. The number of rotatable bonds is 4. The molecule has 1 N–H and O–H groups in total. The molecule has 1 aliphatic heterocycles. The highest BCUT2D eigenvalue weighted by molar-refractivity contribution is 8.27. The van der Waals surface area contributed by atoms with Crippen LogP contribution in [0, 0.1) is 0 Å². The van der Waals surface area contributed by atoms with Gasteiger partial charge in [0.1, 0.15) is 11.5 Å². The lowest BCUT2D eigenvalue weighted by Gasteiger charge is -2.15. The number of anilines is 1. The number of aromatic hydroxyl groups is 1. The summed E-state index contributed by atoms with van der Waals surface area (Å²) in [6, 6.07) is 13.9. The van der Waals surface area contributed by atoms with Crippen LogP contribution in [0.2, 0.25) is 0 Å². The third kappa shape index (κ3) is 3.44. The van der Waals surface area contributed by atoms with E-state index in [1.54, 1.807) is 30.3 Å². The number of phenolic OH excluding ortho intramolecular Hbond substituents is 1. The predicted molar refractivity (Wildman–Crippen MR) is 101 cm³/mol. The number of carbonyl (C=O) groups excluding carboxylic acids is 1. The van der Waals surface area contributed by atoms with Gasteiger partial charge < -0.3 is 9.84 Å². The molecule has 2 aromatic carbocycles. The van der Waals surface area contributed by atoms with Gasteiger partial charge in [-0.25, -0.2) is 0 Å². The fraction of sp³-hybridized carbons (Fsp3) is 0.111. The minimum Gasteiger partial charge on any atom is -0.508 e. The molecule has 0 saturated carbocycles. The number of hydrogen-bond acceptors (Lipinski definition) is 5. The van der Waals surface area contributed by atoms with Crippen LogP contribution in [0.1, 0.15) is 12.5 Å². The van der Waals surface area contributed by atoms with E-state index in [2.05, 4.69) is 0 Å². The molecule has 3 rings (SSSR count). The van der Waals surface area contributed by atoms with Crippen LogP contribution in [-0.2, 0) is 4.79 Å². The highest BCUT2D eigenvalue weighted by atomic mass is 32.2. The molecule has 0 unspecified atom stereocenters. The number of thiocarbonyl (C=S) groups is 1. The van der Waals surface area contributed by atoms with E-state index in [4.69, 9.17) is 17.0 Å². The van der Waals surface area contributed by atoms with Crippen LogP contribution in [0.5, 0.6) is 11.5 Å². The van der Waals surface area contributed by atoms with Crippen LogP contribution >= 0.6 is 24.0 Å². The monoisotopic (exact) mass is 357 g/mol. The topological polar surface area (TPSA) is 49.8 Å². The molecule has 2 aromatic rings. The van der Waals surface area contributed by atoms with Gasteiger partial charge in [-0.1, -0.05) is 36.1 Å². The zero-order chi connectivity index (χ0) is 17.1.